The van der Waals surface area contributed by atoms with E-state index in [1.165, 1.54) is 11.3 Å². The number of nitriles is 2. The molecule has 0 aliphatic carbocycles. The molecular formula is C64H54N9O4S4+. The van der Waals surface area contributed by atoms with Crippen molar-refractivity contribution in [1.82, 2.24) is 19.9 Å². The highest BCUT2D eigenvalue weighted by molar-refractivity contribution is 7.99. The van der Waals surface area contributed by atoms with Gasteiger partial charge in [-0.1, -0.05) is 84.6 Å². The van der Waals surface area contributed by atoms with Crippen molar-refractivity contribution in [3.63, 3.8) is 0 Å². The van der Waals surface area contributed by atoms with Gasteiger partial charge >= 0.3 is 0 Å². The number of ether oxygens (including phenoxy) is 4. The third-order valence-electron chi connectivity index (χ3n) is 13.5. The van der Waals surface area contributed by atoms with Crippen LogP contribution in [0, 0.1) is 29.6 Å². The lowest BCUT2D eigenvalue weighted by atomic mass is 9.99. The van der Waals surface area contributed by atoms with Gasteiger partial charge in [0.25, 0.3) is 0 Å². The second-order valence-electron chi connectivity index (χ2n) is 19.1. The van der Waals surface area contributed by atoms with E-state index >= 15 is 0 Å². The Hall–Kier alpha value is -8.68. The van der Waals surface area contributed by atoms with Crippen molar-refractivity contribution in [1.29, 1.82) is 10.5 Å². The van der Waals surface area contributed by atoms with Crippen LogP contribution in [0.1, 0.15) is 28.8 Å². The molecule has 1 unspecified atom stereocenters. The first-order chi connectivity index (χ1) is 39.8. The van der Waals surface area contributed by atoms with Crippen molar-refractivity contribution in [3.05, 3.63) is 198 Å². The average Bonchev–Trinajstić information content (AvgIpc) is 4.38. The maximum Gasteiger partial charge on any atom is 0.227 e. The van der Waals surface area contributed by atoms with Crippen LogP contribution in [0.15, 0.2) is 186 Å². The highest BCUT2D eigenvalue weighted by Crippen LogP contribution is 2.46. The first-order valence-electron chi connectivity index (χ1n) is 26.3. The fourth-order valence-corrected chi connectivity index (χ4v) is 13.6. The predicted octanol–water partition coefficient (Wildman–Crippen LogP) is 16.2. The molecule has 1 fully saturated rings. The molecule has 6 aromatic carbocycles. The smallest absolute Gasteiger partial charge is 0.227 e. The minimum Gasteiger partial charge on any atom is -0.493 e. The maximum atomic E-state index is 10.3. The second kappa shape index (κ2) is 25.6. The van der Waals surface area contributed by atoms with Crippen molar-refractivity contribution >= 4 is 70.3 Å². The van der Waals surface area contributed by atoms with Gasteiger partial charge in [-0.3, -0.25) is 0 Å². The number of quaternary nitrogens is 1. The van der Waals surface area contributed by atoms with E-state index in [1.807, 2.05) is 189 Å². The lowest BCUT2D eigenvalue weighted by Crippen LogP contribution is -2.47. The highest BCUT2D eigenvalue weighted by atomic mass is 32.2. The summed E-state index contributed by atoms with van der Waals surface area (Å²) in [6, 6.07) is 59.0. The van der Waals surface area contributed by atoms with Crippen molar-refractivity contribution in [3.8, 4) is 90.0 Å². The van der Waals surface area contributed by atoms with Gasteiger partial charge in [-0.25, -0.2) is 19.9 Å². The van der Waals surface area contributed by atoms with E-state index in [0.717, 1.165) is 120 Å². The van der Waals surface area contributed by atoms with Crippen LogP contribution in [0.25, 0.3) is 43.4 Å². The monoisotopic (exact) mass is 1140 g/mol. The molecule has 1 atom stereocenters. The number of nitrogens with zero attached hydrogens (tertiary/aromatic N) is 7. The Bertz CT molecular complexity index is 3650. The molecule has 2 N–H and O–H groups in total. The van der Waals surface area contributed by atoms with Gasteiger partial charge in [0.2, 0.25) is 11.9 Å². The summed E-state index contributed by atoms with van der Waals surface area (Å²) in [7, 11) is 0. The Morgan fingerprint density at radius 1 is 0.556 bits per heavy atom. The molecule has 0 spiro atoms. The van der Waals surface area contributed by atoms with Crippen molar-refractivity contribution in [2.75, 3.05) is 55.1 Å². The molecule has 0 saturated carbocycles. The molecule has 1 saturated heterocycles. The molecule has 10 aromatic rings. The molecule has 4 aromatic heterocycles. The first-order valence-corrected chi connectivity index (χ1v) is 29.6. The summed E-state index contributed by atoms with van der Waals surface area (Å²) >= 11 is 9.66. The molecule has 81 heavy (non-hydrogen) atoms. The van der Waals surface area contributed by atoms with Gasteiger partial charge < -0.3 is 34.1 Å². The van der Waals surface area contributed by atoms with E-state index < -0.39 is 0 Å². The van der Waals surface area contributed by atoms with Crippen LogP contribution in [0.3, 0.4) is 0 Å². The molecule has 1 aliphatic heterocycles. The van der Waals surface area contributed by atoms with Gasteiger partial charge in [0.05, 0.1) is 69.3 Å². The van der Waals surface area contributed by atoms with Gasteiger partial charge in [0, 0.05) is 70.5 Å². The number of aryl methyl sites for hydroxylation is 1. The highest BCUT2D eigenvalue weighted by Gasteiger charge is 2.32. The third-order valence-corrected chi connectivity index (χ3v) is 17.4. The zero-order valence-corrected chi connectivity index (χ0v) is 47.5. The Kier molecular flexibility index (Phi) is 17.2. The summed E-state index contributed by atoms with van der Waals surface area (Å²) in [5.41, 5.74) is 7.33. The van der Waals surface area contributed by atoms with Crippen LogP contribution in [0.2, 0.25) is 0 Å². The quantitative estimate of drug-likeness (QED) is 0.0335. The number of hydrogen-bond donors (Lipinski definition) is 3. The lowest BCUT2D eigenvalue weighted by Gasteiger charge is -2.33. The van der Waals surface area contributed by atoms with Gasteiger partial charge in [-0.05, 0) is 103 Å². The number of thioether (sulfide) groups is 1. The maximum absolute atomic E-state index is 10.3. The number of aromatic nitrogens is 4. The summed E-state index contributed by atoms with van der Waals surface area (Å²) in [4.78, 5) is 21.5. The number of benzene rings is 6. The summed E-state index contributed by atoms with van der Waals surface area (Å²) < 4.78 is 26.6. The number of rotatable bonds is 22. The molecule has 0 radical (unpaired) electrons. The Morgan fingerprint density at radius 2 is 1.04 bits per heavy atom. The van der Waals surface area contributed by atoms with Crippen molar-refractivity contribution in [2.24, 2.45) is 0 Å². The molecule has 0 bridgehead atoms. The summed E-state index contributed by atoms with van der Waals surface area (Å²) in [5.74, 6) is 7.38. The number of thiol groups is 1. The fourth-order valence-electron chi connectivity index (χ4n) is 9.69. The molecule has 0 amide bonds. The summed E-state index contributed by atoms with van der Waals surface area (Å²) in [5, 5.41) is 27.3. The van der Waals surface area contributed by atoms with Crippen LogP contribution >= 0.6 is 47.1 Å². The topological polar surface area (TPSA) is 160 Å². The Balaban J connectivity index is 0.672. The molecule has 1 aliphatic rings. The van der Waals surface area contributed by atoms with Crippen molar-refractivity contribution in [2.45, 2.75) is 24.0 Å². The molecule has 5 heterocycles. The van der Waals surface area contributed by atoms with Gasteiger partial charge in [0.15, 0.2) is 0 Å². The fraction of sp³-hybridized carbons (Fsp3) is 0.156. The molecule has 13 nitrogen and oxygen atoms in total. The van der Waals surface area contributed by atoms with E-state index in [0.29, 0.717) is 63.3 Å². The normalized spacial score (nSPS) is 13.7. The predicted molar refractivity (Wildman–Crippen MR) is 328 cm³/mol. The first kappa shape index (κ1) is 54.3. The van der Waals surface area contributed by atoms with Crippen LogP contribution < -0.4 is 29.6 Å². The van der Waals surface area contributed by atoms with Gasteiger partial charge in [0.1, 0.15) is 52.5 Å². The van der Waals surface area contributed by atoms with E-state index in [2.05, 4.69) is 32.7 Å². The summed E-state index contributed by atoms with van der Waals surface area (Å²) in [6.07, 6.45) is 5.27. The van der Waals surface area contributed by atoms with Gasteiger partial charge in [-0.15, -0.1) is 35.3 Å². The van der Waals surface area contributed by atoms with Crippen LogP contribution in [-0.2, 0) is 0 Å². The lowest BCUT2D eigenvalue weighted by molar-refractivity contribution is -0.910. The standard InChI is InChI=1S/C64H53N9O4S4/c1-43-54(40-65)58(44-14-8-24-52(36-44)76-48-18-4-2-5-19-48)60(80-43)56-26-28-67-63(71-56)69-46-16-10-22-50(38-46)74-33-12-30-73(32-35-79-42-73)31-13-34-75-51-23-11-17-47(39-51)70-64-68-29-27-57(72-64)61-59(55(41-66)62(78)81-61)45-15-9-25-53(37-45)77-49-20-6-3-7-21-49/h2-11,14-29,36-39H,12-13,30-35,42H2,1H3,(H2-,67,68,69,70,71,72,78)/p+1. The Labute approximate surface area is 488 Å². The van der Waals surface area contributed by atoms with E-state index in [9.17, 15) is 10.5 Å². The number of thiophene rings is 2. The van der Waals surface area contributed by atoms with Crippen LogP contribution in [0.5, 0.6) is 34.5 Å². The number of hydrogen-bond acceptors (Lipinski definition) is 16. The Morgan fingerprint density at radius 3 is 1.54 bits per heavy atom. The molecule has 11 rings (SSSR count). The van der Waals surface area contributed by atoms with E-state index in [-0.39, 0.29) is 0 Å². The number of nitrogens with one attached hydrogen (secondary N) is 2. The molecule has 17 heteroatoms. The largest absolute Gasteiger partial charge is 0.493 e. The van der Waals surface area contributed by atoms with Gasteiger partial charge in [-0.2, -0.15) is 10.5 Å². The third kappa shape index (κ3) is 13.3. The second-order valence-corrected chi connectivity index (χ2v) is 23.2. The average molecular weight is 1140 g/mol. The number of para-hydroxylation sites is 2. The van der Waals surface area contributed by atoms with Crippen LogP contribution in [0.4, 0.5) is 23.3 Å². The molecular weight excluding hydrogens is 1090 g/mol. The van der Waals surface area contributed by atoms with Crippen LogP contribution in [-0.4, -0.2) is 68.9 Å². The van der Waals surface area contributed by atoms with E-state index in [4.69, 9.17) is 41.5 Å². The van der Waals surface area contributed by atoms with E-state index in [1.54, 1.807) is 23.7 Å². The number of anilines is 4. The zero-order chi connectivity index (χ0) is 55.4. The van der Waals surface area contributed by atoms with Crippen molar-refractivity contribution < 1.29 is 23.4 Å². The minimum absolute atomic E-state index is 0.414. The summed E-state index contributed by atoms with van der Waals surface area (Å²) in [6.45, 7) is 6.29. The minimum atomic E-state index is 0.414. The SMILES string of the molecule is Cc1sc(-c2ccnc(Nc3cccc(OCCC[N+]4(CCCOc5cccc(Nc6nccc(-c7sc(S)c(C#N)c7-c7cccc(Oc8ccccc8)c7)n6)c5)CCSC4)c3)n2)c(-c2cccc(Oc3ccccc3)c2)c1C#N. The molecule has 402 valence electrons. The zero-order valence-electron chi connectivity index (χ0n) is 44.1.